The van der Waals surface area contributed by atoms with Crippen molar-refractivity contribution in [2.24, 2.45) is 0 Å². The second-order valence-corrected chi connectivity index (χ2v) is 11.0. The second kappa shape index (κ2) is 12.6. The van der Waals surface area contributed by atoms with Crippen molar-refractivity contribution < 1.29 is 14.3 Å². The molecule has 7 nitrogen and oxygen atoms in total. The average molecular weight is 549 g/mol. The molecule has 0 radical (unpaired) electrons. The third-order valence-electron chi connectivity index (χ3n) is 6.58. The summed E-state index contributed by atoms with van der Waals surface area (Å²) in [6.07, 6.45) is 5.61. The molecule has 5 rings (SSSR count). The maximum absolute atomic E-state index is 12.7. The van der Waals surface area contributed by atoms with Crippen LogP contribution in [0.15, 0.2) is 104 Å². The number of carbonyl (C=O) groups is 1. The number of hydrogen-bond acceptors (Lipinski definition) is 5. The van der Waals surface area contributed by atoms with Crippen molar-refractivity contribution in [1.29, 1.82) is 0 Å². The van der Waals surface area contributed by atoms with Crippen LogP contribution < -0.4 is 15.4 Å². The molecule has 0 spiro atoms. The standard InChI is InChI=1S/C34H36N4O3/c1-34(2,3)41-33(39)38-29(17-27-21-37-32-12-8-7-11-31(27)32)23-40-30-18-26(20-35-22-30)25-15-13-24(14-16-25)19-36-28-9-5-4-6-10-28/h4-16,18,20-22,29,36-37H,17,19,23H2,1-3H3,(H,38,39)/t29-/m0/s1. The first-order chi connectivity index (χ1) is 19.8. The summed E-state index contributed by atoms with van der Waals surface area (Å²) in [5.74, 6) is 0.632. The molecular weight excluding hydrogens is 512 g/mol. The van der Waals surface area contributed by atoms with E-state index in [4.69, 9.17) is 9.47 Å². The molecule has 2 aromatic heterocycles. The van der Waals surface area contributed by atoms with Gasteiger partial charge in [-0.25, -0.2) is 4.79 Å². The molecular formula is C34H36N4O3. The lowest BCUT2D eigenvalue weighted by Crippen LogP contribution is -2.43. The SMILES string of the molecule is CC(C)(C)OC(=O)N[C@H](COc1cncc(-c2ccc(CNc3ccccc3)cc2)c1)Cc1c[nH]c2ccccc12. The first-order valence-corrected chi connectivity index (χ1v) is 13.8. The molecule has 0 fully saturated rings. The number of para-hydroxylation sites is 2. The van der Waals surface area contributed by atoms with E-state index < -0.39 is 11.7 Å². The summed E-state index contributed by atoms with van der Waals surface area (Å²) in [5.41, 5.74) is 5.84. The first kappa shape index (κ1) is 27.8. The summed E-state index contributed by atoms with van der Waals surface area (Å²) in [7, 11) is 0. The molecule has 0 aliphatic heterocycles. The number of carbonyl (C=O) groups excluding carboxylic acids is 1. The number of alkyl carbamates (subject to hydrolysis) is 1. The maximum atomic E-state index is 12.7. The fourth-order valence-electron chi connectivity index (χ4n) is 4.62. The third-order valence-corrected chi connectivity index (χ3v) is 6.58. The Kier molecular flexibility index (Phi) is 8.53. The average Bonchev–Trinajstić information content (AvgIpc) is 3.37. The predicted octanol–water partition coefficient (Wildman–Crippen LogP) is 7.36. The molecule has 1 atom stereocenters. The van der Waals surface area contributed by atoms with E-state index in [2.05, 4.69) is 63.1 Å². The number of pyridine rings is 1. The van der Waals surface area contributed by atoms with Gasteiger partial charge in [-0.2, -0.15) is 0 Å². The lowest BCUT2D eigenvalue weighted by molar-refractivity contribution is 0.0488. The maximum Gasteiger partial charge on any atom is 0.408 e. The minimum absolute atomic E-state index is 0.258. The van der Waals surface area contributed by atoms with E-state index in [1.54, 1.807) is 6.20 Å². The molecule has 0 bridgehead atoms. The van der Waals surface area contributed by atoms with Gasteiger partial charge in [0.05, 0.1) is 12.2 Å². The molecule has 41 heavy (non-hydrogen) atoms. The van der Waals surface area contributed by atoms with Crippen molar-refractivity contribution in [2.75, 3.05) is 11.9 Å². The fraction of sp³-hybridized carbons (Fsp3) is 0.235. The molecule has 3 N–H and O–H groups in total. The van der Waals surface area contributed by atoms with Crippen LogP contribution in [0.3, 0.4) is 0 Å². The van der Waals surface area contributed by atoms with E-state index in [0.717, 1.165) is 39.8 Å². The highest BCUT2D eigenvalue weighted by molar-refractivity contribution is 5.83. The lowest BCUT2D eigenvalue weighted by atomic mass is 10.0. The Bertz CT molecular complexity index is 1570. The molecule has 0 aliphatic rings. The van der Waals surface area contributed by atoms with Gasteiger partial charge in [0.15, 0.2) is 0 Å². The molecule has 5 aromatic rings. The molecule has 1 amide bonds. The number of benzene rings is 3. The summed E-state index contributed by atoms with van der Waals surface area (Å²) < 4.78 is 11.7. The van der Waals surface area contributed by atoms with Gasteiger partial charge in [-0.3, -0.25) is 4.98 Å². The molecule has 210 valence electrons. The van der Waals surface area contributed by atoms with Crippen LogP contribution in [-0.2, 0) is 17.7 Å². The Morgan fingerprint density at radius 2 is 1.68 bits per heavy atom. The number of aromatic amines is 1. The van der Waals surface area contributed by atoms with E-state index in [0.29, 0.717) is 12.2 Å². The monoisotopic (exact) mass is 548 g/mol. The predicted molar refractivity (Wildman–Crippen MR) is 164 cm³/mol. The molecule has 2 heterocycles. The fourth-order valence-corrected chi connectivity index (χ4v) is 4.62. The van der Waals surface area contributed by atoms with Crippen molar-refractivity contribution in [2.45, 2.75) is 45.4 Å². The van der Waals surface area contributed by atoms with Gasteiger partial charge in [0.25, 0.3) is 0 Å². The van der Waals surface area contributed by atoms with Crippen molar-refractivity contribution in [3.8, 4) is 16.9 Å². The Labute approximate surface area is 240 Å². The zero-order valence-corrected chi connectivity index (χ0v) is 23.7. The van der Waals surface area contributed by atoms with Gasteiger partial charge in [-0.05, 0) is 68.1 Å². The number of fused-ring (bicyclic) bond motifs is 1. The molecule has 0 saturated carbocycles. The lowest BCUT2D eigenvalue weighted by Gasteiger charge is -2.24. The second-order valence-electron chi connectivity index (χ2n) is 11.0. The largest absolute Gasteiger partial charge is 0.490 e. The van der Waals surface area contributed by atoms with Gasteiger partial charge in [0.1, 0.15) is 18.0 Å². The minimum Gasteiger partial charge on any atom is -0.490 e. The number of rotatable bonds is 10. The number of nitrogens with zero attached hydrogens (tertiary/aromatic N) is 1. The van der Waals surface area contributed by atoms with Crippen LogP contribution in [0.25, 0.3) is 22.0 Å². The van der Waals surface area contributed by atoms with Crippen LogP contribution >= 0.6 is 0 Å². The molecule has 0 unspecified atom stereocenters. The van der Waals surface area contributed by atoms with Crippen molar-refractivity contribution in [3.05, 3.63) is 115 Å². The van der Waals surface area contributed by atoms with Crippen molar-refractivity contribution >= 4 is 22.7 Å². The topological polar surface area (TPSA) is 88.3 Å². The summed E-state index contributed by atoms with van der Waals surface area (Å²) >= 11 is 0. The van der Waals surface area contributed by atoms with E-state index >= 15 is 0 Å². The highest BCUT2D eigenvalue weighted by Crippen LogP contribution is 2.24. The molecule has 3 aromatic carbocycles. The normalized spacial score (nSPS) is 12.1. The third kappa shape index (κ3) is 7.88. The van der Waals surface area contributed by atoms with Crippen LogP contribution in [0.4, 0.5) is 10.5 Å². The zero-order chi connectivity index (χ0) is 28.7. The van der Waals surface area contributed by atoms with Gasteiger partial charge < -0.3 is 25.1 Å². The van der Waals surface area contributed by atoms with E-state index in [1.807, 2.05) is 75.6 Å². The number of anilines is 1. The smallest absolute Gasteiger partial charge is 0.408 e. The Morgan fingerprint density at radius 1 is 0.927 bits per heavy atom. The Balaban J connectivity index is 1.25. The summed E-state index contributed by atoms with van der Waals surface area (Å²) in [5, 5.41) is 7.55. The van der Waals surface area contributed by atoms with E-state index in [1.165, 1.54) is 5.56 Å². The quantitative estimate of drug-likeness (QED) is 0.170. The number of amides is 1. The highest BCUT2D eigenvalue weighted by Gasteiger charge is 2.21. The van der Waals surface area contributed by atoms with Crippen LogP contribution in [0.1, 0.15) is 31.9 Å². The number of aromatic nitrogens is 2. The van der Waals surface area contributed by atoms with Crippen LogP contribution in [0.5, 0.6) is 5.75 Å². The van der Waals surface area contributed by atoms with Gasteiger partial charge in [0.2, 0.25) is 0 Å². The van der Waals surface area contributed by atoms with Gasteiger partial charge in [0, 0.05) is 41.1 Å². The van der Waals surface area contributed by atoms with Gasteiger partial charge in [-0.15, -0.1) is 0 Å². The molecule has 7 heteroatoms. The minimum atomic E-state index is -0.596. The van der Waals surface area contributed by atoms with Gasteiger partial charge >= 0.3 is 6.09 Å². The van der Waals surface area contributed by atoms with Gasteiger partial charge in [-0.1, -0.05) is 60.7 Å². The number of hydrogen-bond donors (Lipinski definition) is 3. The molecule has 0 aliphatic carbocycles. The highest BCUT2D eigenvalue weighted by atomic mass is 16.6. The van der Waals surface area contributed by atoms with E-state index in [9.17, 15) is 4.79 Å². The van der Waals surface area contributed by atoms with Crippen LogP contribution in [0, 0.1) is 0 Å². The number of nitrogens with one attached hydrogen (secondary N) is 3. The summed E-state index contributed by atoms with van der Waals surface area (Å²) in [4.78, 5) is 20.4. The first-order valence-electron chi connectivity index (χ1n) is 13.8. The van der Waals surface area contributed by atoms with Crippen molar-refractivity contribution in [1.82, 2.24) is 15.3 Å². The van der Waals surface area contributed by atoms with Crippen molar-refractivity contribution in [3.63, 3.8) is 0 Å². The summed E-state index contributed by atoms with van der Waals surface area (Å²) in [6.45, 7) is 6.55. The number of H-pyrrole nitrogens is 1. The number of ether oxygens (including phenoxy) is 2. The molecule has 0 saturated heterocycles. The summed E-state index contributed by atoms with van der Waals surface area (Å²) in [6, 6.07) is 28.3. The van der Waals surface area contributed by atoms with Crippen LogP contribution in [0.2, 0.25) is 0 Å². The zero-order valence-electron chi connectivity index (χ0n) is 23.7. The Hall–Kier alpha value is -4.78. The van der Waals surface area contributed by atoms with Crippen LogP contribution in [-0.4, -0.2) is 34.3 Å². The van der Waals surface area contributed by atoms with E-state index in [-0.39, 0.29) is 12.6 Å². The Morgan fingerprint density at radius 3 is 2.46 bits per heavy atom.